The Kier molecular flexibility index (Phi) is 7.05. The standard InChI is InChI=1S/C25H29N5O7S2/c1-17-23(39(33,34)30-8-10-35-11-9-30)22-24(38-17)26-15-29(25(22)32)14-21(31)28-6-4-27(5-7-28)13-18-2-3-19-20(12-18)37-16-36-19/h2-3,12,15H,4-11,13-14,16H2,1H3. The molecular weight excluding hydrogens is 546 g/mol. The maximum atomic E-state index is 13.5. The number of sulfonamides is 1. The first-order valence-electron chi connectivity index (χ1n) is 12.8. The van der Waals surface area contributed by atoms with Crippen molar-refractivity contribution in [2.75, 3.05) is 59.3 Å². The fourth-order valence-electron chi connectivity index (χ4n) is 5.15. The molecule has 1 aromatic carbocycles. The number of thiophene rings is 1. The second kappa shape index (κ2) is 10.5. The average molecular weight is 576 g/mol. The van der Waals surface area contributed by atoms with E-state index in [4.69, 9.17) is 14.2 Å². The molecule has 3 aliphatic rings. The van der Waals surface area contributed by atoms with Crippen LogP contribution in [0.5, 0.6) is 11.5 Å². The van der Waals surface area contributed by atoms with E-state index >= 15 is 0 Å². The molecule has 39 heavy (non-hydrogen) atoms. The number of hydrogen-bond donors (Lipinski definition) is 0. The summed E-state index contributed by atoms with van der Waals surface area (Å²) >= 11 is 1.17. The Bertz CT molecular complexity index is 1570. The third-order valence-electron chi connectivity index (χ3n) is 7.24. The number of aromatic nitrogens is 2. The van der Waals surface area contributed by atoms with E-state index in [9.17, 15) is 18.0 Å². The van der Waals surface area contributed by atoms with Crippen LogP contribution in [0, 0.1) is 6.92 Å². The van der Waals surface area contributed by atoms with E-state index in [1.54, 1.807) is 11.8 Å². The van der Waals surface area contributed by atoms with Crippen LogP contribution < -0.4 is 15.0 Å². The van der Waals surface area contributed by atoms with E-state index in [2.05, 4.69) is 9.88 Å². The van der Waals surface area contributed by atoms with Crippen molar-refractivity contribution in [2.24, 2.45) is 0 Å². The fraction of sp³-hybridized carbons (Fsp3) is 0.480. The molecule has 0 radical (unpaired) electrons. The van der Waals surface area contributed by atoms with Gasteiger partial charge in [-0.25, -0.2) is 13.4 Å². The molecule has 3 aliphatic heterocycles. The third kappa shape index (κ3) is 5.02. The minimum Gasteiger partial charge on any atom is -0.454 e. The number of fused-ring (bicyclic) bond motifs is 2. The molecule has 3 aromatic rings. The normalized spacial score (nSPS) is 18.6. The molecule has 1 amide bonds. The molecule has 208 valence electrons. The molecule has 2 saturated heterocycles. The largest absolute Gasteiger partial charge is 0.454 e. The van der Waals surface area contributed by atoms with Crippen LogP contribution in [0.4, 0.5) is 0 Å². The van der Waals surface area contributed by atoms with E-state index in [1.165, 1.54) is 26.5 Å². The highest BCUT2D eigenvalue weighted by Crippen LogP contribution is 2.34. The predicted octanol–water partition coefficient (Wildman–Crippen LogP) is 0.860. The lowest BCUT2D eigenvalue weighted by atomic mass is 10.1. The highest BCUT2D eigenvalue weighted by Gasteiger charge is 2.33. The van der Waals surface area contributed by atoms with E-state index in [0.717, 1.165) is 23.6 Å². The van der Waals surface area contributed by atoms with Crippen molar-refractivity contribution in [1.82, 2.24) is 23.7 Å². The van der Waals surface area contributed by atoms with Crippen LogP contribution in [0.25, 0.3) is 10.2 Å². The number of benzene rings is 1. The zero-order valence-electron chi connectivity index (χ0n) is 21.5. The van der Waals surface area contributed by atoms with Crippen LogP contribution in [-0.2, 0) is 32.6 Å². The van der Waals surface area contributed by atoms with Gasteiger partial charge in [0.15, 0.2) is 11.5 Å². The highest BCUT2D eigenvalue weighted by molar-refractivity contribution is 7.89. The first kappa shape index (κ1) is 26.2. The van der Waals surface area contributed by atoms with Gasteiger partial charge in [0.2, 0.25) is 22.7 Å². The van der Waals surface area contributed by atoms with Gasteiger partial charge in [0.1, 0.15) is 16.3 Å². The second-order valence-corrected chi connectivity index (χ2v) is 12.8. The van der Waals surface area contributed by atoms with Gasteiger partial charge in [-0.15, -0.1) is 11.3 Å². The molecule has 5 heterocycles. The van der Waals surface area contributed by atoms with Gasteiger partial charge >= 0.3 is 0 Å². The van der Waals surface area contributed by atoms with Gasteiger partial charge in [-0.1, -0.05) is 6.07 Å². The van der Waals surface area contributed by atoms with Crippen molar-refractivity contribution < 1.29 is 27.4 Å². The Morgan fingerprint density at radius 3 is 2.56 bits per heavy atom. The smallest absolute Gasteiger partial charge is 0.263 e. The van der Waals surface area contributed by atoms with Gasteiger partial charge in [0.05, 0.1) is 24.9 Å². The molecule has 0 N–H and O–H groups in total. The van der Waals surface area contributed by atoms with Crippen molar-refractivity contribution >= 4 is 37.5 Å². The monoisotopic (exact) mass is 575 g/mol. The molecule has 12 nitrogen and oxygen atoms in total. The van der Waals surface area contributed by atoms with Crippen molar-refractivity contribution in [3.63, 3.8) is 0 Å². The average Bonchev–Trinajstić information content (AvgIpc) is 3.55. The fourth-order valence-corrected chi connectivity index (χ4v) is 8.23. The summed E-state index contributed by atoms with van der Waals surface area (Å²) in [6.45, 7) is 5.97. The van der Waals surface area contributed by atoms with Crippen molar-refractivity contribution in [3.8, 4) is 11.5 Å². The molecule has 0 unspecified atom stereocenters. The van der Waals surface area contributed by atoms with Crippen LogP contribution >= 0.6 is 11.3 Å². The Morgan fingerprint density at radius 1 is 1.05 bits per heavy atom. The minimum absolute atomic E-state index is 0.0131. The van der Waals surface area contributed by atoms with Gasteiger partial charge in [-0.3, -0.25) is 19.1 Å². The lowest BCUT2D eigenvalue weighted by Gasteiger charge is -2.34. The van der Waals surface area contributed by atoms with Crippen LogP contribution in [0.3, 0.4) is 0 Å². The first-order chi connectivity index (χ1) is 18.8. The van der Waals surface area contributed by atoms with Crippen molar-refractivity contribution in [3.05, 3.63) is 45.3 Å². The number of carbonyl (C=O) groups excluding carboxylic acids is 1. The number of aryl methyl sites for hydroxylation is 1. The molecule has 0 atom stereocenters. The first-order valence-corrected chi connectivity index (χ1v) is 15.0. The van der Waals surface area contributed by atoms with Crippen LogP contribution in [0.15, 0.2) is 34.2 Å². The topological polar surface area (TPSA) is 124 Å². The molecular formula is C25H29N5O7S2. The summed E-state index contributed by atoms with van der Waals surface area (Å²) in [7, 11) is -3.90. The third-order valence-corrected chi connectivity index (χ3v) is 10.5. The van der Waals surface area contributed by atoms with Crippen LogP contribution in [0.1, 0.15) is 10.4 Å². The summed E-state index contributed by atoms with van der Waals surface area (Å²) in [6.07, 6.45) is 1.33. The summed E-state index contributed by atoms with van der Waals surface area (Å²) in [5.41, 5.74) is 0.588. The Hall–Kier alpha value is -3.04. The lowest BCUT2D eigenvalue weighted by molar-refractivity contribution is -0.133. The van der Waals surface area contributed by atoms with Gasteiger partial charge in [-0.05, 0) is 24.6 Å². The zero-order chi connectivity index (χ0) is 27.1. The number of hydrogen-bond acceptors (Lipinski definition) is 10. The number of carbonyl (C=O) groups is 1. The molecule has 0 bridgehead atoms. The number of nitrogens with zero attached hydrogens (tertiary/aromatic N) is 5. The summed E-state index contributed by atoms with van der Waals surface area (Å²) in [5.74, 6) is 1.30. The Balaban J connectivity index is 1.15. The van der Waals surface area contributed by atoms with E-state index < -0.39 is 15.6 Å². The van der Waals surface area contributed by atoms with Gasteiger partial charge in [0, 0.05) is 50.7 Å². The van der Waals surface area contributed by atoms with Crippen molar-refractivity contribution in [1.29, 1.82) is 0 Å². The molecule has 0 spiro atoms. The van der Waals surface area contributed by atoms with E-state index in [1.807, 2.05) is 18.2 Å². The summed E-state index contributed by atoms with van der Waals surface area (Å²) in [4.78, 5) is 35.8. The molecule has 2 aromatic heterocycles. The predicted molar refractivity (Wildman–Crippen MR) is 143 cm³/mol. The molecule has 0 saturated carbocycles. The van der Waals surface area contributed by atoms with Crippen LogP contribution in [-0.4, -0.2) is 97.3 Å². The Morgan fingerprint density at radius 2 is 1.79 bits per heavy atom. The van der Waals surface area contributed by atoms with Crippen LogP contribution in [0.2, 0.25) is 0 Å². The maximum Gasteiger partial charge on any atom is 0.263 e. The number of ether oxygens (including phenoxy) is 3. The molecule has 2 fully saturated rings. The zero-order valence-corrected chi connectivity index (χ0v) is 23.1. The molecule has 0 aliphatic carbocycles. The second-order valence-electron chi connectivity index (χ2n) is 9.71. The summed E-state index contributed by atoms with van der Waals surface area (Å²) < 4.78 is 45.6. The number of piperazine rings is 1. The Labute approximate surface area is 229 Å². The summed E-state index contributed by atoms with van der Waals surface area (Å²) in [6, 6.07) is 5.90. The quantitative estimate of drug-likeness (QED) is 0.421. The maximum absolute atomic E-state index is 13.5. The molecule has 14 heteroatoms. The van der Waals surface area contributed by atoms with Gasteiger partial charge in [-0.2, -0.15) is 4.31 Å². The van der Waals surface area contributed by atoms with Crippen molar-refractivity contribution in [2.45, 2.75) is 24.9 Å². The number of rotatable bonds is 6. The van der Waals surface area contributed by atoms with Gasteiger partial charge in [0.25, 0.3) is 5.56 Å². The number of morpholine rings is 1. The molecule has 6 rings (SSSR count). The highest BCUT2D eigenvalue weighted by atomic mass is 32.2. The summed E-state index contributed by atoms with van der Waals surface area (Å²) in [5, 5.41) is 0.0489. The number of amides is 1. The SMILES string of the molecule is Cc1sc2ncn(CC(=O)N3CCN(Cc4ccc5c(c4)OCO5)CC3)c(=O)c2c1S(=O)(=O)N1CCOCC1. The lowest BCUT2D eigenvalue weighted by Crippen LogP contribution is -2.49. The van der Waals surface area contributed by atoms with E-state index in [0.29, 0.717) is 49.1 Å². The minimum atomic E-state index is -3.90. The van der Waals surface area contributed by atoms with Gasteiger partial charge < -0.3 is 19.1 Å². The van der Waals surface area contributed by atoms with E-state index in [-0.39, 0.29) is 42.6 Å².